The molecule has 3 nitrogen and oxygen atoms in total. The maximum atomic E-state index is 13.7. The van der Waals surface area contributed by atoms with Crippen molar-refractivity contribution < 1.29 is 18.7 Å². The van der Waals surface area contributed by atoms with Crippen molar-refractivity contribution in [1.82, 2.24) is 4.90 Å². The molecular weight excluding hydrogens is 312 g/mol. The van der Waals surface area contributed by atoms with Gasteiger partial charge in [-0.05, 0) is 25.3 Å². The maximum Gasteiger partial charge on any atom is 0.270 e. The predicted molar refractivity (Wildman–Crippen MR) is 80.9 cm³/mol. The highest BCUT2D eigenvalue weighted by molar-refractivity contribution is 6.27. The molecule has 6 heteroatoms. The minimum absolute atomic E-state index is 0.0753. The van der Waals surface area contributed by atoms with Crippen LogP contribution in [0.2, 0.25) is 0 Å². The first-order valence-electron chi connectivity index (χ1n) is 7.18. The lowest BCUT2D eigenvalue weighted by Gasteiger charge is -2.47. The first-order valence-corrected chi connectivity index (χ1v) is 7.71. The Hall–Kier alpha value is -1.20. The second-order valence-corrected chi connectivity index (χ2v) is 6.53. The summed E-state index contributed by atoms with van der Waals surface area (Å²) in [6, 6.07) is 6.02. The van der Waals surface area contributed by atoms with Gasteiger partial charge in [0, 0.05) is 25.1 Å². The van der Waals surface area contributed by atoms with Crippen LogP contribution in [0, 0.1) is 0 Å². The van der Waals surface area contributed by atoms with Crippen molar-refractivity contribution in [3.05, 3.63) is 35.4 Å². The zero-order valence-electron chi connectivity index (χ0n) is 12.7. The fourth-order valence-corrected chi connectivity index (χ4v) is 3.10. The van der Waals surface area contributed by atoms with E-state index in [1.54, 1.807) is 25.1 Å². The first-order chi connectivity index (χ1) is 10.1. The lowest BCUT2D eigenvalue weighted by Crippen LogP contribution is -2.55. The van der Waals surface area contributed by atoms with Gasteiger partial charge in [-0.3, -0.25) is 4.79 Å². The summed E-state index contributed by atoms with van der Waals surface area (Å²) < 4.78 is 27.4. The van der Waals surface area contributed by atoms with E-state index in [4.69, 9.17) is 11.6 Å². The van der Waals surface area contributed by atoms with Crippen LogP contribution in [0.1, 0.15) is 37.8 Å². The molecule has 0 aromatic heterocycles. The summed E-state index contributed by atoms with van der Waals surface area (Å²) in [5.74, 6) is -3.49. The molecule has 1 aliphatic rings. The Kier molecular flexibility index (Phi) is 4.78. The number of benzene rings is 1. The van der Waals surface area contributed by atoms with Crippen LogP contribution in [0.4, 0.5) is 8.78 Å². The maximum absolute atomic E-state index is 13.7. The summed E-state index contributed by atoms with van der Waals surface area (Å²) in [5.41, 5.74) is -0.488. The van der Waals surface area contributed by atoms with Gasteiger partial charge in [0.2, 0.25) is 5.91 Å². The van der Waals surface area contributed by atoms with Crippen LogP contribution < -0.4 is 0 Å². The van der Waals surface area contributed by atoms with E-state index in [9.17, 15) is 18.7 Å². The molecule has 0 saturated heterocycles. The molecule has 22 heavy (non-hydrogen) atoms. The highest BCUT2D eigenvalue weighted by atomic mass is 35.5. The molecule has 0 spiro atoms. The summed E-state index contributed by atoms with van der Waals surface area (Å²) in [5, 5.41) is 9.85. The van der Waals surface area contributed by atoms with Crippen molar-refractivity contribution in [3.63, 3.8) is 0 Å². The first kappa shape index (κ1) is 17.2. The van der Waals surface area contributed by atoms with E-state index in [-0.39, 0.29) is 29.9 Å². The fourth-order valence-electron chi connectivity index (χ4n) is 2.94. The Morgan fingerprint density at radius 2 is 2.05 bits per heavy atom. The molecule has 1 aromatic rings. The van der Waals surface area contributed by atoms with E-state index in [2.05, 4.69) is 0 Å². The molecule has 2 rings (SSSR count). The van der Waals surface area contributed by atoms with Gasteiger partial charge in [-0.1, -0.05) is 24.3 Å². The fraction of sp³-hybridized carbons (Fsp3) is 0.562. The van der Waals surface area contributed by atoms with Gasteiger partial charge in [0.05, 0.1) is 5.60 Å². The van der Waals surface area contributed by atoms with Crippen LogP contribution in [-0.4, -0.2) is 33.4 Å². The summed E-state index contributed by atoms with van der Waals surface area (Å²) in [6.07, 6.45) is 0.862. The van der Waals surface area contributed by atoms with E-state index >= 15 is 0 Å². The van der Waals surface area contributed by atoms with Crippen LogP contribution in [0.15, 0.2) is 24.3 Å². The number of nitrogens with zero attached hydrogens (tertiary/aromatic N) is 1. The number of halogens is 3. The lowest BCUT2D eigenvalue weighted by atomic mass is 9.76. The van der Waals surface area contributed by atoms with Gasteiger partial charge in [0.15, 0.2) is 0 Å². The molecule has 1 fully saturated rings. The van der Waals surface area contributed by atoms with Crippen molar-refractivity contribution in [2.75, 3.05) is 5.88 Å². The zero-order valence-corrected chi connectivity index (χ0v) is 13.4. The van der Waals surface area contributed by atoms with Gasteiger partial charge >= 0.3 is 0 Å². The van der Waals surface area contributed by atoms with E-state index < -0.39 is 11.5 Å². The van der Waals surface area contributed by atoms with Crippen LogP contribution in [0.25, 0.3) is 0 Å². The molecule has 1 amide bonds. The number of alkyl halides is 3. The molecular formula is C16H20ClF2NO2. The van der Waals surface area contributed by atoms with E-state index in [1.165, 1.54) is 11.0 Å². The molecule has 1 N–H and O–H groups in total. The predicted octanol–water partition coefficient (Wildman–Crippen LogP) is 3.28. The molecule has 1 aromatic carbocycles. The minimum Gasteiger partial charge on any atom is -0.390 e. The van der Waals surface area contributed by atoms with E-state index in [1.807, 2.05) is 0 Å². The number of rotatable bonds is 5. The highest BCUT2D eigenvalue weighted by Crippen LogP contribution is 2.37. The van der Waals surface area contributed by atoms with Crippen molar-refractivity contribution in [1.29, 1.82) is 0 Å². The van der Waals surface area contributed by atoms with Gasteiger partial charge < -0.3 is 10.0 Å². The van der Waals surface area contributed by atoms with Gasteiger partial charge in [-0.15, -0.1) is 11.6 Å². The molecule has 1 saturated carbocycles. The third-order valence-electron chi connectivity index (χ3n) is 4.06. The van der Waals surface area contributed by atoms with Gasteiger partial charge in [0.25, 0.3) is 5.92 Å². The Morgan fingerprint density at radius 1 is 1.45 bits per heavy atom. The number of hydrogen-bond donors (Lipinski definition) is 1. The number of amides is 1. The van der Waals surface area contributed by atoms with Crippen LogP contribution in [-0.2, 0) is 17.3 Å². The zero-order chi connectivity index (χ0) is 16.5. The summed E-state index contributed by atoms with van der Waals surface area (Å²) >= 11 is 5.64. The van der Waals surface area contributed by atoms with E-state index in [0.717, 1.165) is 6.92 Å². The highest BCUT2D eigenvalue weighted by Gasteiger charge is 2.43. The standard InChI is InChI=1S/C16H20ClF2NO2/c1-15(22)7-12(8-15)20(14(21)9-17)10-11-5-3-4-6-13(11)16(2,18)19/h3-6,12,22H,7-10H2,1-2H3. The normalized spacial score (nSPS) is 24.7. The Bertz CT molecular complexity index is 549. The Labute approximate surface area is 133 Å². The molecule has 0 aliphatic heterocycles. The molecule has 1 aliphatic carbocycles. The summed E-state index contributed by atoms with van der Waals surface area (Å²) in [4.78, 5) is 13.5. The third kappa shape index (κ3) is 3.76. The molecule has 0 bridgehead atoms. The Morgan fingerprint density at radius 3 is 2.55 bits per heavy atom. The summed E-state index contributed by atoms with van der Waals surface area (Å²) in [7, 11) is 0. The van der Waals surface area contributed by atoms with Crippen molar-refractivity contribution >= 4 is 17.5 Å². The quantitative estimate of drug-likeness (QED) is 0.841. The SMILES string of the molecule is CC1(O)CC(N(Cc2ccccc2C(C)(F)F)C(=O)CCl)C1. The van der Waals surface area contributed by atoms with Crippen LogP contribution in [0.5, 0.6) is 0 Å². The van der Waals surface area contributed by atoms with Gasteiger partial charge in [0.1, 0.15) is 5.88 Å². The molecule has 0 heterocycles. The smallest absolute Gasteiger partial charge is 0.270 e. The van der Waals surface area contributed by atoms with E-state index in [0.29, 0.717) is 18.4 Å². The molecule has 0 unspecified atom stereocenters. The molecule has 122 valence electrons. The second kappa shape index (κ2) is 6.13. The van der Waals surface area contributed by atoms with Crippen molar-refractivity contribution in [2.24, 2.45) is 0 Å². The third-order valence-corrected chi connectivity index (χ3v) is 4.29. The van der Waals surface area contributed by atoms with Crippen molar-refractivity contribution in [2.45, 2.75) is 50.8 Å². The number of hydrogen-bond acceptors (Lipinski definition) is 2. The average molecular weight is 332 g/mol. The second-order valence-electron chi connectivity index (χ2n) is 6.26. The van der Waals surface area contributed by atoms with Crippen LogP contribution in [0.3, 0.4) is 0 Å². The van der Waals surface area contributed by atoms with Gasteiger partial charge in [-0.2, -0.15) is 0 Å². The number of aliphatic hydroxyl groups is 1. The number of carbonyl (C=O) groups is 1. The largest absolute Gasteiger partial charge is 0.390 e. The molecule has 0 atom stereocenters. The monoisotopic (exact) mass is 331 g/mol. The topological polar surface area (TPSA) is 40.5 Å². The average Bonchev–Trinajstić information content (AvgIpc) is 2.40. The van der Waals surface area contributed by atoms with Crippen LogP contribution >= 0.6 is 11.6 Å². The molecule has 0 radical (unpaired) electrons. The number of carbonyl (C=O) groups excluding carboxylic acids is 1. The van der Waals surface area contributed by atoms with Gasteiger partial charge in [-0.25, -0.2) is 8.78 Å². The lowest BCUT2D eigenvalue weighted by molar-refractivity contribution is -0.142. The minimum atomic E-state index is -2.97. The Balaban J connectivity index is 2.23. The summed E-state index contributed by atoms with van der Waals surface area (Å²) in [6.45, 7) is 2.61. The van der Waals surface area contributed by atoms with Crippen molar-refractivity contribution in [3.8, 4) is 0 Å².